The first-order valence-corrected chi connectivity index (χ1v) is 31.8. The lowest BCUT2D eigenvalue weighted by molar-refractivity contribution is -0.166. The van der Waals surface area contributed by atoms with E-state index in [2.05, 4.69) is 154 Å². The van der Waals surface area contributed by atoms with Crippen LogP contribution in [0.4, 0.5) is 0 Å². The summed E-state index contributed by atoms with van der Waals surface area (Å²) < 4.78 is 16.7. The molecule has 0 fully saturated rings. The number of ether oxygens (including phenoxy) is 3. The van der Waals surface area contributed by atoms with Crippen LogP contribution >= 0.6 is 0 Å². The molecule has 1 unspecified atom stereocenters. The molecule has 0 aliphatic carbocycles. The molecular weight excluding hydrogens is 961 g/mol. The van der Waals surface area contributed by atoms with Crippen molar-refractivity contribution in [1.82, 2.24) is 0 Å². The van der Waals surface area contributed by atoms with E-state index in [1.165, 1.54) is 116 Å². The number of unbranched alkanes of at least 4 members (excludes halogenated alkanes) is 22. The summed E-state index contributed by atoms with van der Waals surface area (Å²) in [5.41, 5.74) is 0. The average Bonchev–Trinajstić information content (AvgIpc) is 3.44. The van der Waals surface area contributed by atoms with Gasteiger partial charge in [0.25, 0.3) is 0 Å². The second-order valence-corrected chi connectivity index (χ2v) is 20.6. The second-order valence-electron chi connectivity index (χ2n) is 20.6. The monoisotopic (exact) mass is 1080 g/mol. The molecule has 1 atom stereocenters. The Balaban J connectivity index is 4.19. The Morgan fingerprint density at radius 3 is 0.846 bits per heavy atom. The molecule has 0 N–H and O–H groups in total. The van der Waals surface area contributed by atoms with E-state index in [0.29, 0.717) is 12.8 Å². The van der Waals surface area contributed by atoms with Gasteiger partial charge < -0.3 is 14.2 Å². The van der Waals surface area contributed by atoms with Crippen molar-refractivity contribution < 1.29 is 28.6 Å². The molecule has 0 aliphatic rings. The predicted octanol–water partition coefficient (Wildman–Crippen LogP) is 21.9. The van der Waals surface area contributed by atoms with Gasteiger partial charge in [0.15, 0.2) is 6.10 Å². The molecule has 0 aromatic carbocycles. The summed E-state index contributed by atoms with van der Waals surface area (Å²) in [5, 5.41) is 0. The molecule has 0 saturated heterocycles. The van der Waals surface area contributed by atoms with E-state index in [1.54, 1.807) is 6.08 Å². The van der Waals surface area contributed by atoms with E-state index in [9.17, 15) is 14.4 Å². The van der Waals surface area contributed by atoms with Crippen LogP contribution in [0.25, 0.3) is 0 Å². The average molecular weight is 1080 g/mol. The van der Waals surface area contributed by atoms with E-state index >= 15 is 0 Å². The van der Waals surface area contributed by atoms with Crippen molar-refractivity contribution in [2.24, 2.45) is 0 Å². The molecule has 440 valence electrons. The molecule has 0 radical (unpaired) electrons. The van der Waals surface area contributed by atoms with Gasteiger partial charge in [0.1, 0.15) is 13.2 Å². The van der Waals surface area contributed by atoms with Gasteiger partial charge in [-0.1, -0.05) is 295 Å². The zero-order valence-electron chi connectivity index (χ0n) is 50.4. The number of rotatable bonds is 56. The maximum atomic E-state index is 12.8. The Hall–Kier alpha value is -4.71. The van der Waals surface area contributed by atoms with Gasteiger partial charge in [0, 0.05) is 12.8 Å². The van der Waals surface area contributed by atoms with Crippen molar-refractivity contribution in [3.05, 3.63) is 146 Å². The number of carbonyl (C=O) groups excluding carboxylic acids is 3. The zero-order chi connectivity index (χ0) is 56.4. The fourth-order valence-electron chi connectivity index (χ4n) is 8.44. The Morgan fingerprint density at radius 1 is 0.282 bits per heavy atom. The molecule has 0 aromatic heterocycles. The van der Waals surface area contributed by atoms with Gasteiger partial charge in [-0.15, -0.1) is 0 Å². The lowest BCUT2D eigenvalue weighted by atomic mass is 10.0. The molecule has 0 amide bonds. The smallest absolute Gasteiger partial charge is 0.310 e. The predicted molar refractivity (Wildman–Crippen MR) is 339 cm³/mol. The van der Waals surface area contributed by atoms with E-state index in [0.717, 1.165) is 116 Å². The first-order chi connectivity index (χ1) is 38.5. The SMILES string of the molecule is CC/C=C\C/C=C\C/C=C\C/C=C\C/C=C\C/C=C\C/C=C\CCCCCCCCCCCCCCCC(=O)OCC(COC(=O)CCCCCCCCCCCC)OC(=O)C/C=C\C/C=C\C/C=C\C/C=C\C/C=C\CC. The highest BCUT2D eigenvalue weighted by atomic mass is 16.6. The molecule has 6 heteroatoms. The highest BCUT2D eigenvalue weighted by Crippen LogP contribution is 2.15. The normalized spacial score (nSPS) is 13.1. The molecule has 0 heterocycles. The summed E-state index contributed by atoms with van der Waals surface area (Å²) in [4.78, 5) is 38.1. The van der Waals surface area contributed by atoms with Crippen LogP contribution in [0.15, 0.2) is 146 Å². The highest BCUT2D eigenvalue weighted by Gasteiger charge is 2.19. The summed E-state index contributed by atoms with van der Waals surface area (Å²) in [5.74, 6) is -1.05. The molecule has 78 heavy (non-hydrogen) atoms. The quantitative estimate of drug-likeness (QED) is 0.0261. The summed E-state index contributed by atoms with van der Waals surface area (Å²) in [6.07, 6.45) is 93.3. The van der Waals surface area contributed by atoms with Gasteiger partial charge in [-0.05, 0) is 103 Å². The van der Waals surface area contributed by atoms with Crippen LogP contribution in [-0.2, 0) is 28.6 Å². The van der Waals surface area contributed by atoms with Crippen LogP contribution in [0.3, 0.4) is 0 Å². The fourth-order valence-corrected chi connectivity index (χ4v) is 8.44. The molecule has 0 spiro atoms. The Kier molecular flexibility index (Phi) is 60.9. The standard InChI is InChI=1S/C72H116O6/c1-4-7-10-13-16-19-22-24-26-27-28-29-30-31-32-33-34-35-36-37-38-39-40-41-42-43-44-45-47-48-50-53-56-59-62-65-71(74)77-68-69(67-76-70(73)64-61-58-55-52-21-18-15-12-9-6-3)78-72(75)66-63-60-57-54-51-49-46-25-23-20-17-14-11-8-5-2/h7-8,10-11,16-17,19-20,24-26,28-29,31-32,34-35,37-38,46,51,54,60,63,69H,4-6,9,12-15,18,21-23,27,30,33,36,39-45,47-50,52-53,55-59,61-62,64-68H2,1-3H3/b10-7-,11-8-,19-16-,20-17-,26-24-,29-28-,32-31-,35-34-,38-37-,46-25-,54-51-,63-60-. The third kappa shape index (κ3) is 62.1. The van der Waals surface area contributed by atoms with Crippen molar-refractivity contribution in [3.63, 3.8) is 0 Å². The third-order valence-electron chi connectivity index (χ3n) is 13.1. The number of allylic oxidation sites excluding steroid dienone is 23. The zero-order valence-corrected chi connectivity index (χ0v) is 50.4. The molecule has 0 rings (SSSR count). The second kappa shape index (κ2) is 64.8. The highest BCUT2D eigenvalue weighted by molar-refractivity contribution is 5.72. The molecule has 0 saturated carbocycles. The number of hydrogen-bond donors (Lipinski definition) is 0. The molecular formula is C72H116O6. The topological polar surface area (TPSA) is 78.9 Å². The van der Waals surface area contributed by atoms with Crippen molar-refractivity contribution >= 4 is 17.9 Å². The first kappa shape index (κ1) is 73.3. The first-order valence-electron chi connectivity index (χ1n) is 31.8. The van der Waals surface area contributed by atoms with E-state index < -0.39 is 12.1 Å². The number of carbonyl (C=O) groups is 3. The third-order valence-corrected chi connectivity index (χ3v) is 13.1. The largest absolute Gasteiger partial charge is 0.462 e. The van der Waals surface area contributed by atoms with Gasteiger partial charge in [-0.25, -0.2) is 0 Å². The van der Waals surface area contributed by atoms with Crippen LogP contribution in [0.1, 0.15) is 271 Å². The minimum Gasteiger partial charge on any atom is -0.462 e. The van der Waals surface area contributed by atoms with Gasteiger partial charge >= 0.3 is 17.9 Å². The summed E-state index contributed by atoms with van der Waals surface area (Å²) in [6, 6.07) is 0. The van der Waals surface area contributed by atoms with Crippen LogP contribution in [0, 0.1) is 0 Å². The molecule has 0 bridgehead atoms. The maximum Gasteiger partial charge on any atom is 0.310 e. The molecule has 0 aromatic rings. The van der Waals surface area contributed by atoms with Gasteiger partial charge in [0.05, 0.1) is 6.42 Å². The van der Waals surface area contributed by atoms with Crippen LogP contribution < -0.4 is 0 Å². The Morgan fingerprint density at radius 2 is 0.538 bits per heavy atom. The van der Waals surface area contributed by atoms with Crippen molar-refractivity contribution in [3.8, 4) is 0 Å². The van der Waals surface area contributed by atoms with Gasteiger partial charge in [-0.2, -0.15) is 0 Å². The van der Waals surface area contributed by atoms with Gasteiger partial charge in [-0.3, -0.25) is 14.4 Å². The van der Waals surface area contributed by atoms with E-state index in [4.69, 9.17) is 14.2 Å². The fraction of sp³-hybridized carbons (Fsp3) is 0.625. The number of esters is 3. The van der Waals surface area contributed by atoms with Crippen molar-refractivity contribution in [2.75, 3.05) is 13.2 Å². The Bertz CT molecular complexity index is 1710. The van der Waals surface area contributed by atoms with Crippen LogP contribution in [0.5, 0.6) is 0 Å². The van der Waals surface area contributed by atoms with Crippen molar-refractivity contribution in [1.29, 1.82) is 0 Å². The minimum absolute atomic E-state index is 0.0941. The molecule has 6 nitrogen and oxygen atoms in total. The summed E-state index contributed by atoms with van der Waals surface area (Å²) in [6.45, 7) is 6.31. The minimum atomic E-state index is -0.834. The maximum absolute atomic E-state index is 12.8. The van der Waals surface area contributed by atoms with Gasteiger partial charge in [0.2, 0.25) is 0 Å². The Labute approximate surface area is 480 Å². The lowest BCUT2D eigenvalue weighted by Crippen LogP contribution is -2.30. The van der Waals surface area contributed by atoms with Crippen molar-refractivity contribution in [2.45, 2.75) is 277 Å². The summed E-state index contributed by atoms with van der Waals surface area (Å²) >= 11 is 0. The van der Waals surface area contributed by atoms with E-state index in [1.807, 2.05) is 6.08 Å². The van der Waals surface area contributed by atoms with E-state index in [-0.39, 0.29) is 31.6 Å². The van der Waals surface area contributed by atoms with Crippen LogP contribution in [0.2, 0.25) is 0 Å². The molecule has 0 aliphatic heterocycles. The lowest BCUT2D eigenvalue weighted by Gasteiger charge is -2.18. The number of hydrogen-bond acceptors (Lipinski definition) is 6. The van der Waals surface area contributed by atoms with Crippen LogP contribution in [-0.4, -0.2) is 37.2 Å². The summed E-state index contributed by atoms with van der Waals surface area (Å²) in [7, 11) is 0.